The van der Waals surface area contributed by atoms with Crippen molar-refractivity contribution in [3.05, 3.63) is 81.2 Å². The Balaban J connectivity index is 1.19. The molecule has 0 aliphatic carbocycles. The maximum absolute atomic E-state index is 12.9. The number of benzene rings is 2. The number of aromatic amines is 1. The third-order valence-electron chi connectivity index (χ3n) is 5.93. The van der Waals surface area contributed by atoms with Gasteiger partial charge in [-0.15, -0.1) is 11.3 Å². The van der Waals surface area contributed by atoms with Crippen LogP contribution in [-0.4, -0.2) is 58.4 Å². The first kappa shape index (κ1) is 22.7. The Hall–Kier alpha value is -3.04. The smallest absolute Gasteiger partial charge is 0.260 e. The first-order chi connectivity index (χ1) is 16.6. The molecule has 3 heterocycles. The highest BCUT2D eigenvalue weighted by Gasteiger charge is 2.21. The molecule has 0 saturated carbocycles. The molecule has 2 aromatic carbocycles. The lowest BCUT2D eigenvalue weighted by Crippen LogP contribution is -2.48. The van der Waals surface area contributed by atoms with E-state index in [-0.39, 0.29) is 11.5 Å². The van der Waals surface area contributed by atoms with Crippen molar-refractivity contribution in [3.63, 3.8) is 0 Å². The van der Waals surface area contributed by atoms with E-state index in [1.807, 2.05) is 47.8 Å². The second-order valence-electron chi connectivity index (χ2n) is 8.29. The summed E-state index contributed by atoms with van der Waals surface area (Å²) in [5, 5.41) is 6.05. The van der Waals surface area contributed by atoms with Gasteiger partial charge in [-0.25, -0.2) is 4.98 Å². The highest BCUT2D eigenvalue weighted by Crippen LogP contribution is 2.30. The van der Waals surface area contributed by atoms with Gasteiger partial charge in [0.1, 0.15) is 10.7 Å². The van der Waals surface area contributed by atoms with Crippen LogP contribution in [0.2, 0.25) is 5.02 Å². The van der Waals surface area contributed by atoms with Gasteiger partial charge in [0.2, 0.25) is 5.91 Å². The molecule has 34 heavy (non-hydrogen) atoms. The molecule has 1 fully saturated rings. The molecule has 0 atom stereocenters. The summed E-state index contributed by atoms with van der Waals surface area (Å²) in [7, 11) is 0. The predicted molar refractivity (Wildman–Crippen MR) is 137 cm³/mol. The summed E-state index contributed by atoms with van der Waals surface area (Å²) in [6.07, 6.45) is 0. The molecule has 174 valence electrons. The Morgan fingerprint density at radius 1 is 1.03 bits per heavy atom. The predicted octanol–water partition coefficient (Wildman–Crippen LogP) is 4.06. The fourth-order valence-electron chi connectivity index (χ4n) is 4.17. The number of H-pyrrole nitrogens is 1. The van der Waals surface area contributed by atoms with E-state index in [0.717, 1.165) is 42.1 Å². The van der Waals surface area contributed by atoms with E-state index in [4.69, 9.17) is 16.6 Å². The number of halogens is 1. The minimum atomic E-state index is -0.102. The van der Waals surface area contributed by atoms with Crippen LogP contribution in [-0.2, 0) is 11.3 Å². The van der Waals surface area contributed by atoms with Crippen LogP contribution in [0, 0.1) is 0 Å². The van der Waals surface area contributed by atoms with Crippen LogP contribution in [0.3, 0.4) is 0 Å². The van der Waals surface area contributed by atoms with Gasteiger partial charge in [0, 0.05) is 37.1 Å². The van der Waals surface area contributed by atoms with E-state index in [1.165, 1.54) is 11.3 Å². The standard InChI is InChI=1S/C25H24ClN5O2S/c26-19-8-4-5-9-20(19)27-22(32)15-31-12-10-30(11-13-31)14-21-28-24(33)23-18(16-34-25(23)29-21)17-6-2-1-3-7-17/h1-9,16H,10-15H2,(H,27,32)(H,28,29,33). The Morgan fingerprint density at radius 3 is 2.50 bits per heavy atom. The van der Waals surface area contributed by atoms with Gasteiger partial charge in [-0.2, -0.15) is 0 Å². The first-order valence-corrected chi connectivity index (χ1v) is 12.4. The van der Waals surface area contributed by atoms with E-state index in [9.17, 15) is 9.59 Å². The van der Waals surface area contributed by atoms with Crippen LogP contribution in [0.15, 0.2) is 64.8 Å². The molecular weight excluding hydrogens is 470 g/mol. The van der Waals surface area contributed by atoms with Crippen molar-refractivity contribution in [1.82, 2.24) is 19.8 Å². The van der Waals surface area contributed by atoms with Gasteiger partial charge in [0.05, 0.1) is 29.2 Å². The van der Waals surface area contributed by atoms with Gasteiger partial charge in [0.25, 0.3) is 5.56 Å². The lowest BCUT2D eigenvalue weighted by molar-refractivity contribution is -0.117. The van der Waals surface area contributed by atoms with Crippen molar-refractivity contribution in [1.29, 1.82) is 0 Å². The molecule has 0 radical (unpaired) electrons. The van der Waals surface area contributed by atoms with Gasteiger partial charge >= 0.3 is 0 Å². The highest BCUT2D eigenvalue weighted by molar-refractivity contribution is 7.17. The van der Waals surface area contributed by atoms with Crippen molar-refractivity contribution in [3.8, 4) is 11.1 Å². The quantitative estimate of drug-likeness (QED) is 0.423. The number of nitrogens with one attached hydrogen (secondary N) is 2. The maximum atomic E-state index is 12.9. The van der Waals surface area contributed by atoms with E-state index in [2.05, 4.69) is 20.1 Å². The van der Waals surface area contributed by atoms with E-state index in [0.29, 0.717) is 35.0 Å². The zero-order valence-corrected chi connectivity index (χ0v) is 20.0. The molecule has 2 N–H and O–H groups in total. The van der Waals surface area contributed by atoms with Gasteiger partial charge in [-0.05, 0) is 17.7 Å². The molecule has 5 rings (SSSR count). The minimum absolute atomic E-state index is 0.0788. The number of hydrogen-bond acceptors (Lipinski definition) is 6. The summed E-state index contributed by atoms with van der Waals surface area (Å²) in [5.41, 5.74) is 2.46. The number of rotatable bonds is 6. The molecule has 1 aliphatic rings. The second kappa shape index (κ2) is 10.1. The van der Waals surface area contributed by atoms with E-state index in [1.54, 1.807) is 12.1 Å². The Morgan fingerprint density at radius 2 is 1.74 bits per heavy atom. The normalized spacial score (nSPS) is 15.0. The van der Waals surface area contributed by atoms with Gasteiger partial charge in [-0.3, -0.25) is 19.4 Å². The first-order valence-electron chi connectivity index (χ1n) is 11.1. The number of anilines is 1. The zero-order chi connectivity index (χ0) is 23.5. The molecule has 9 heteroatoms. The molecule has 7 nitrogen and oxygen atoms in total. The minimum Gasteiger partial charge on any atom is -0.324 e. The molecule has 0 bridgehead atoms. The molecule has 0 unspecified atom stereocenters. The zero-order valence-electron chi connectivity index (χ0n) is 18.5. The number of carbonyl (C=O) groups is 1. The monoisotopic (exact) mass is 493 g/mol. The van der Waals surface area contributed by atoms with E-state index < -0.39 is 0 Å². The number of carbonyl (C=O) groups excluding carboxylic acids is 1. The summed E-state index contributed by atoms with van der Waals surface area (Å²) in [6, 6.07) is 17.1. The van der Waals surface area contributed by atoms with Crippen LogP contribution in [0.4, 0.5) is 5.69 Å². The molecule has 0 spiro atoms. The van der Waals surface area contributed by atoms with Gasteiger partial charge in [-0.1, -0.05) is 54.1 Å². The molecule has 1 saturated heterocycles. The largest absolute Gasteiger partial charge is 0.324 e. The highest BCUT2D eigenvalue weighted by atomic mass is 35.5. The average Bonchev–Trinajstić information content (AvgIpc) is 3.27. The van der Waals surface area contributed by atoms with Gasteiger partial charge in [0.15, 0.2) is 0 Å². The molecule has 2 aromatic heterocycles. The lowest BCUT2D eigenvalue weighted by Gasteiger charge is -2.33. The van der Waals surface area contributed by atoms with Crippen molar-refractivity contribution < 1.29 is 4.79 Å². The summed E-state index contributed by atoms with van der Waals surface area (Å²) in [6.45, 7) is 4.00. The third-order valence-corrected chi connectivity index (χ3v) is 7.13. The summed E-state index contributed by atoms with van der Waals surface area (Å²) in [5.74, 6) is 0.591. The molecule has 4 aromatic rings. The van der Waals surface area contributed by atoms with Crippen LogP contribution < -0.4 is 10.9 Å². The maximum Gasteiger partial charge on any atom is 0.260 e. The van der Waals surface area contributed by atoms with Gasteiger partial charge < -0.3 is 10.3 Å². The fraction of sp³-hybridized carbons (Fsp3) is 0.240. The third kappa shape index (κ3) is 5.05. The van der Waals surface area contributed by atoms with Crippen molar-refractivity contribution in [2.45, 2.75) is 6.54 Å². The number of thiophene rings is 1. The fourth-order valence-corrected chi connectivity index (χ4v) is 5.32. The molecule has 1 amide bonds. The Kier molecular flexibility index (Phi) is 6.73. The lowest BCUT2D eigenvalue weighted by atomic mass is 10.1. The number of amides is 1. The summed E-state index contributed by atoms with van der Waals surface area (Å²) >= 11 is 7.62. The number of para-hydroxylation sites is 1. The van der Waals surface area contributed by atoms with Crippen LogP contribution >= 0.6 is 22.9 Å². The molecule has 1 aliphatic heterocycles. The Bertz CT molecular complexity index is 1360. The SMILES string of the molecule is O=C(CN1CCN(Cc2nc3scc(-c4ccccc4)c3c(=O)[nH]2)CC1)Nc1ccccc1Cl. The van der Waals surface area contributed by atoms with E-state index >= 15 is 0 Å². The molecular formula is C25H24ClN5O2S. The van der Waals surface area contributed by atoms with Crippen molar-refractivity contribution in [2.75, 3.05) is 38.0 Å². The number of fused-ring (bicyclic) bond motifs is 1. The summed E-state index contributed by atoms with van der Waals surface area (Å²) < 4.78 is 0. The van der Waals surface area contributed by atoms with Crippen LogP contribution in [0.25, 0.3) is 21.3 Å². The summed E-state index contributed by atoms with van der Waals surface area (Å²) in [4.78, 5) is 38.1. The Labute approximate surface area is 206 Å². The van der Waals surface area contributed by atoms with Crippen LogP contribution in [0.1, 0.15) is 5.82 Å². The number of nitrogens with zero attached hydrogens (tertiary/aromatic N) is 3. The number of aromatic nitrogens is 2. The number of hydrogen-bond donors (Lipinski definition) is 2. The van der Waals surface area contributed by atoms with Crippen molar-refractivity contribution >= 4 is 44.7 Å². The topological polar surface area (TPSA) is 81.3 Å². The average molecular weight is 494 g/mol. The van der Waals surface area contributed by atoms with Crippen LogP contribution in [0.5, 0.6) is 0 Å². The number of piperazine rings is 1. The second-order valence-corrected chi connectivity index (χ2v) is 9.55. The van der Waals surface area contributed by atoms with Crippen molar-refractivity contribution in [2.24, 2.45) is 0 Å².